The molecule has 1 aliphatic rings. The second-order valence-electron chi connectivity index (χ2n) is 5.34. The Bertz CT molecular complexity index is 877. The molecule has 0 aliphatic carbocycles. The topological polar surface area (TPSA) is 85.2 Å². The zero-order valence-corrected chi connectivity index (χ0v) is 14.3. The number of carbonyl (C=O) groups is 2. The summed E-state index contributed by atoms with van der Waals surface area (Å²) in [6.07, 6.45) is 0. The van der Waals surface area contributed by atoms with E-state index in [4.69, 9.17) is 23.2 Å². The van der Waals surface area contributed by atoms with Crippen molar-refractivity contribution in [3.05, 3.63) is 63.6 Å². The first kappa shape index (κ1) is 17.2. The van der Waals surface area contributed by atoms with Crippen molar-refractivity contribution < 1.29 is 9.59 Å². The van der Waals surface area contributed by atoms with Gasteiger partial charge in [-0.3, -0.25) is 10.1 Å². The molecule has 0 aromatic heterocycles. The number of nitrogens with one attached hydrogen (secondary N) is 2. The number of rotatable bonds is 3. The molecule has 2 aromatic rings. The molecular weight excluding hydrogens is 363 g/mol. The van der Waals surface area contributed by atoms with Gasteiger partial charge in [-0.15, -0.1) is 0 Å². The highest BCUT2D eigenvalue weighted by atomic mass is 35.5. The summed E-state index contributed by atoms with van der Waals surface area (Å²) in [6, 6.07) is 13.5. The molecule has 0 bridgehead atoms. The number of anilines is 1. The molecule has 1 aliphatic heterocycles. The van der Waals surface area contributed by atoms with Crippen molar-refractivity contribution in [3.63, 3.8) is 0 Å². The van der Waals surface area contributed by atoms with Gasteiger partial charge in [0.2, 0.25) is 5.91 Å². The van der Waals surface area contributed by atoms with Crippen LogP contribution in [0, 0.1) is 11.3 Å². The Balaban J connectivity index is 1.91. The summed E-state index contributed by atoms with van der Waals surface area (Å²) in [5.41, 5.74) is 4.54. The summed E-state index contributed by atoms with van der Waals surface area (Å²) >= 11 is 12.2. The highest BCUT2D eigenvalue weighted by molar-refractivity contribution is 6.32. The summed E-state index contributed by atoms with van der Waals surface area (Å²) in [7, 11) is 0. The third kappa shape index (κ3) is 3.59. The smallest absolute Gasteiger partial charge is 0.275 e. The highest BCUT2D eigenvalue weighted by Gasteiger charge is 2.25. The summed E-state index contributed by atoms with van der Waals surface area (Å²) in [5.74, 6) is -0.972. The highest BCUT2D eigenvalue weighted by Crippen LogP contribution is 2.33. The van der Waals surface area contributed by atoms with E-state index in [2.05, 4.69) is 16.8 Å². The number of carbonyl (C=O) groups excluding carboxylic acids is 2. The number of nitrogens with zero attached hydrogens (tertiary/aromatic N) is 2. The maximum Gasteiger partial charge on any atom is 0.343 e. The van der Waals surface area contributed by atoms with Crippen LogP contribution in [0.3, 0.4) is 0 Å². The quantitative estimate of drug-likeness (QED) is 0.863. The average molecular weight is 375 g/mol. The van der Waals surface area contributed by atoms with Crippen LogP contribution in [-0.2, 0) is 4.79 Å². The van der Waals surface area contributed by atoms with Crippen LogP contribution in [0.5, 0.6) is 0 Å². The molecule has 1 saturated heterocycles. The normalized spacial score (nSPS) is 15.5. The van der Waals surface area contributed by atoms with Crippen molar-refractivity contribution in [2.24, 2.45) is 0 Å². The van der Waals surface area contributed by atoms with Crippen molar-refractivity contribution in [3.8, 4) is 6.07 Å². The lowest BCUT2D eigenvalue weighted by molar-refractivity contribution is -0.119. The van der Waals surface area contributed by atoms with E-state index in [-0.39, 0.29) is 6.54 Å². The van der Waals surface area contributed by atoms with Crippen LogP contribution in [0.2, 0.25) is 10.0 Å². The molecule has 1 unspecified atom stereocenters. The predicted octanol–water partition coefficient (Wildman–Crippen LogP) is 3.21. The second kappa shape index (κ2) is 7.11. The fourth-order valence-electron chi connectivity index (χ4n) is 2.52. The van der Waals surface area contributed by atoms with Gasteiger partial charge in [0.1, 0.15) is 0 Å². The standard InChI is InChI=1S/C17H12Cl2N4O2/c18-11-3-1-10(2-4-11)14(8-20)13-6-5-12(7-15(13)19)23-17(25)22-16(24)9-21-23/h1-7,14,21H,9H2,(H,22,24,25). The van der Waals surface area contributed by atoms with Crippen molar-refractivity contribution in [1.29, 1.82) is 5.26 Å². The molecule has 6 nitrogen and oxygen atoms in total. The molecule has 3 rings (SSSR count). The van der Waals surface area contributed by atoms with E-state index >= 15 is 0 Å². The lowest BCUT2D eigenvalue weighted by Gasteiger charge is -2.27. The molecule has 1 atom stereocenters. The van der Waals surface area contributed by atoms with Crippen LogP contribution in [0.1, 0.15) is 17.0 Å². The van der Waals surface area contributed by atoms with E-state index in [0.717, 1.165) is 5.56 Å². The number of hydrogen-bond donors (Lipinski definition) is 2. The molecule has 1 fully saturated rings. The molecule has 2 aromatic carbocycles. The fraction of sp³-hybridized carbons (Fsp3) is 0.118. The molecule has 126 valence electrons. The number of benzene rings is 2. The minimum Gasteiger partial charge on any atom is -0.275 e. The van der Waals surface area contributed by atoms with Crippen LogP contribution in [0.15, 0.2) is 42.5 Å². The van der Waals surface area contributed by atoms with Crippen molar-refractivity contribution in [1.82, 2.24) is 10.7 Å². The number of amides is 3. The zero-order valence-electron chi connectivity index (χ0n) is 12.8. The number of imide groups is 1. The molecule has 8 heteroatoms. The van der Waals surface area contributed by atoms with Crippen molar-refractivity contribution in [2.45, 2.75) is 5.92 Å². The molecule has 0 spiro atoms. The minimum absolute atomic E-state index is 0.0172. The molecule has 0 radical (unpaired) electrons. The average Bonchev–Trinajstić information content (AvgIpc) is 2.58. The van der Waals surface area contributed by atoms with Gasteiger partial charge in [0, 0.05) is 10.0 Å². The van der Waals surface area contributed by atoms with Crippen LogP contribution in [0.25, 0.3) is 0 Å². The first-order chi connectivity index (χ1) is 12.0. The van der Waals surface area contributed by atoms with Gasteiger partial charge in [-0.05, 0) is 35.4 Å². The van der Waals surface area contributed by atoms with E-state index in [0.29, 0.717) is 21.3 Å². The van der Waals surface area contributed by atoms with Crippen LogP contribution in [-0.4, -0.2) is 18.5 Å². The zero-order chi connectivity index (χ0) is 18.0. The third-order valence-corrected chi connectivity index (χ3v) is 4.31. The van der Waals surface area contributed by atoms with Gasteiger partial charge >= 0.3 is 6.03 Å². The van der Waals surface area contributed by atoms with Crippen LogP contribution >= 0.6 is 23.2 Å². The maximum atomic E-state index is 11.9. The Hall–Kier alpha value is -2.59. The summed E-state index contributed by atoms with van der Waals surface area (Å²) in [4.78, 5) is 23.1. The predicted molar refractivity (Wildman–Crippen MR) is 94.4 cm³/mol. The number of hydrazine groups is 1. The van der Waals surface area contributed by atoms with Gasteiger partial charge in [0.05, 0.1) is 24.2 Å². The fourth-order valence-corrected chi connectivity index (χ4v) is 2.93. The Morgan fingerprint density at radius 2 is 1.84 bits per heavy atom. The Morgan fingerprint density at radius 3 is 2.44 bits per heavy atom. The summed E-state index contributed by atoms with van der Waals surface area (Å²) < 4.78 is 0. The number of urea groups is 1. The van der Waals surface area contributed by atoms with E-state index in [9.17, 15) is 14.9 Å². The Kier molecular flexibility index (Phi) is 4.91. The molecule has 25 heavy (non-hydrogen) atoms. The molecule has 0 saturated carbocycles. The van der Waals surface area contributed by atoms with Gasteiger partial charge in [-0.25, -0.2) is 15.2 Å². The summed E-state index contributed by atoms with van der Waals surface area (Å²) in [5, 5.41) is 13.9. The van der Waals surface area contributed by atoms with Gasteiger partial charge in [0.25, 0.3) is 0 Å². The first-order valence-corrected chi connectivity index (χ1v) is 8.07. The van der Waals surface area contributed by atoms with Crippen LogP contribution in [0.4, 0.5) is 10.5 Å². The van der Waals surface area contributed by atoms with Crippen molar-refractivity contribution in [2.75, 3.05) is 11.6 Å². The van der Waals surface area contributed by atoms with E-state index in [1.807, 2.05) is 0 Å². The first-order valence-electron chi connectivity index (χ1n) is 7.31. The van der Waals surface area contributed by atoms with Crippen LogP contribution < -0.4 is 15.8 Å². The maximum absolute atomic E-state index is 11.9. The third-order valence-electron chi connectivity index (χ3n) is 3.73. The van der Waals surface area contributed by atoms with E-state index in [1.54, 1.807) is 42.5 Å². The Labute approximate surface area is 153 Å². The number of halogens is 2. The summed E-state index contributed by atoms with van der Waals surface area (Å²) in [6.45, 7) is -0.0172. The van der Waals surface area contributed by atoms with E-state index in [1.165, 1.54) is 5.01 Å². The largest absolute Gasteiger partial charge is 0.343 e. The molecule has 3 amide bonds. The molecule has 2 N–H and O–H groups in total. The SMILES string of the molecule is N#CC(c1ccc(Cl)cc1)c1ccc(N2NCC(=O)NC2=O)cc1Cl. The van der Waals surface area contributed by atoms with Gasteiger partial charge < -0.3 is 0 Å². The second-order valence-corrected chi connectivity index (χ2v) is 6.19. The monoisotopic (exact) mass is 374 g/mol. The number of nitriles is 1. The van der Waals surface area contributed by atoms with Gasteiger partial charge in [-0.1, -0.05) is 41.4 Å². The van der Waals surface area contributed by atoms with Gasteiger partial charge in [0.15, 0.2) is 0 Å². The Morgan fingerprint density at radius 1 is 1.12 bits per heavy atom. The molecule has 1 heterocycles. The number of hydrogen-bond acceptors (Lipinski definition) is 4. The lowest BCUT2D eigenvalue weighted by atomic mass is 9.92. The van der Waals surface area contributed by atoms with E-state index < -0.39 is 17.9 Å². The van der Waals surface area contributed by atoms with Gasteiger partial charge in [-0.2, -0.15) is 5.26 Å². The minimum atomic E-state index is -0.588. The van der Waals surface area contributed by atoms with Crippen molar-refractivity contribution >= 4 is 40.8 Å². The molecular formula is C17H12Cl2N4O2. The lowest BCUT2D eigenvalue weighted by Crippen LogP contribution is -2.59.